The Kier molecular flexibility index (Phi) is 5.21. The van der Waals surface area contributed by atoms with E-state index in [1.165, 1.54) is 13.8 Å². The Bertz CT molecular complexity index is 1460. The van der Waals surface area contributed by atoms with Gasteiger partial charge in [-0.05, 0) is 83.6 Å². The maximum absolute atomic E-state index is 12.1. The fourth-order valence-electron chi connectivity index (χ4n) is 6.21. The molecular formula is C28H18O12. The number of hydrogen-bond donors (Lipinski definition) is 6. The van der Waals surface area contributed by atoms with Crippen molar-refractivity contribution in [1.82, 2.24) is 0 Å². The highest BCUT2D eigenvalue weighted by Gasteiger charge is 2.56. The van der Waals surface area contributed by atoms with Gasteiger partial charge in [-0.2, -0.15) is 0 Å². The molecule has 2 bridgehead atoms. The minimum atomic E-state index is -1.56. The van der Waals surface area contributed by atoms with Gasteiger partial charge < -0.3 is 30.6 Å². The predicted octanol–water partition coefficient (Wildman–Crippen LogP) is 3.21. The Morgan fingerprint density at radius 3 is 0.600 bits per heavy atom. The third-order valence-electron chi connectivity index (χ3n) is 8.09. The predicted molar refractivity (Wildman–Crippen MR) is 132 cm³/mol. The molecule has 3 aromatic rings. The van der Waals surface area contributed by atoms with Crippen LogP contribution in [0.1, 0.15) is 109 Å². The van der Waals surface area contributed by atoms with Crippen LogP contribution >= 0.6 is 0 Å². The van der Waals surface area contributed by atoms with Crippen LogP contribution in [-0.4, -0.2) is 66.5 Å². The summed E-state index contributed by atoms with van der Waals surface area (Å²) >= 11 is 0. The van der Waals surface area contributed by atoms with Crippen LogP contribution in [0.2, 0.25) is 0 Å². The highest BCUT2D eigenvalue weighted by molar-refractivity contribution is 6.06. The van der Waals surface area contributed by atoms with Crippen molar-refractivity contribution in [3.05, 3.63) is 103 Å². The summed E-state index contributed by atoms with van der Waals surface area (Å²) in [5, 5.41) is 58.8. The van der Waals surface area contributed by atoms with Gasteiger partial charge >= 0.3 is 35.8 Å². The third kappa shape index (κ3) is 3.06. The molecule has 202 valence electrons. The van der Waals surface area contributed by atoms with E-state index in [1.807, 2.05) is 0 Å². The van der Waals surface area contributed by atoms with Gasteiger partial charge in [-0.3, -0.25) is 0 Å². The second kappa shape index (κ2) is 7.99. The topological polar surface area (TPSA) is 224 Å². The Hall–Kier alpha value is -5.52. The molecule has 0 aliphatic heterocycles. The van der Waals surface area contributed by atoms with Crippen LogP contribution in [0.3, 0.4) is 0 Å². The SMILES string of the molecule is CC12c3cc(C(=O)O)c(C(=O)O)cc3C(C)(c3cc(C(=O)O)c(C(=O)O)cc31)c1cc(C(=O)O)c(C(=O)O)cc12. The van der Waals surface area contributed by atoms with E-state index < -0.39 is 80.0 Å². The number of hydrogen-bond acceptors (Lipinski definition) is 6. The molecule has 3 aromatic carbocycles. The number of aromatic carboxylic acids is 6. The summed E-state index contributed by atoms with van der Waals surface area (Å²) in [7, 11) is 0. The lowest BCUT2D eigenvalue weighted by Crippen LogP contribution is -2.49. The number of benzene rings is 3. The zero-order chi connectivity index (χ0) is 29.6. The quantitative estimate of drug-likeness (QED) is 0.262. The second-order valence-electron chi connectivity index (χ2n) is 9.91. The second-order valence-corrected chi connectivity index (χ2v) is 9.91. The molecule has 12 nitrogen and oxygen atoms in total. The van der Waals surface area contributed by atoms with Gasteiger partial charge in [-0.15, -0.1) is 0 Å². The van der Waals surface area contributed by atoms with Crippen LogP contribution in [0.15, 0.2) is 36.4 Å². The average Bonchev–Trinajstić information content (AvgIpc) is 2.88. The summed E-state index contributed by atoms with van der Waals surface area (Å²) in [5.74, 6) is -9.36. The van der Waals surface area contributed by atoms with Crippen LogP contribution in [0.4, 0.5) is 0 Å². The average molecular weight is 546 g/mol. The van der Waals surface area contributed by atoms with Crippen molar-refractivity contribution in [3.8, 4) is 0 Å². The molecule has 0 unspecified atom stereocenters. The molecule has 0 aromatic heterocycles. The normalized spacial score (nSPS) is 19.6. The minimum absolute atomic E-state index is 0.219. The van der Waals surface area contributed by atoms with Crippen molar-refractivity contribution in [2.24, 2.45) is 0 Å². The van der Waals surface area contributed by atoms with E-state index in [0.717, 1.165) is 36.4 Å². The van der Waals surface area contributed by atoms with Gasteiger partial charge in [0.25, 0.3) is 0 Å². The molecule has 6 N–H and O–H groups in total. The first-order chi connectivity index (χ1) is 18.6. The van der Waals surface area contributed by atoms with Crippen LogP contribution in [-0.2, 0) is 10.8 Å². The molecule has 0 saturated carbocycles. The smallest absolute Gasteiger partial charge is 0.336 e. The zero-order valence-electron chi connectivity index (χ0n) is 20.6. The number of rotatable bonds is 6. The van der Waals surface area contributed by atoms with Gasteiger partial charge in [0.05, 0.1) is 33.4 Å². The maximum atomic E-state index is 12.1. The Morgan fingerprint density at radius 1 is 0.375 bits per heavy atom. The highest BCUT2D eigenvalue weighted by Crippen LogP contribution is 2.62. The molecule has 3 aliphatic carbocycles. The first-order valence-electron chi connectivity index (χ1n) is 11.5. The summed E-state index contributed by atoms with van der Waals surface area (Å²) in [6.07, 6.45) is 0. The monoisotopic (exact) mass is 546 g/mol. The van der Waals surface area contributed by atoms with E-state index in [4.69, 9.17) is 0 Å². The lowest BCUT2D eigenvalue weighted by atomic mass is 9.47. The van der Waals surface area contributed by atoms with Crippen LogP contribution in [0.5, 0.6) is 0 Å². The number of carboxylic acids is 6. The summed E-state index contributed by atoms with van der Waals surface area (Å²) in [6, 6.07) is 6.76. The molecule has 6 rings (SSSR count). The standard InChI is InChI=1S/C28H18O12/c1-27-15-3-9(21(29)30)12(24(35)36)6-18(15)28(2,19-7-13(25(37)38)10(22(31)32)4-16(19)27)20-8-14(26(39)40)11(23(33)34)5-17(20)27/h3-8H,1-2H3,(H,29,30)(H,31,32)(H,33,34)(H,35,36)(H,37,38)(H,39,40). The lowest BCUT2D eigenvalue weighted by Gasteiger charge is -2.54. The van der Waals surface area contributed by atoms with Crippen molar-refractivity contribution in [1.29, 1.82) is 0 Å². The van der Waals surface area contributed by atoms with Gasteiger partial charge in [0.15, 0.2) is 0 Å². The first-order valence-corrected chi connectivity index (χ1v) is 11.5. The van der Waals surface area contributed by atoms with Crippen molar-refractivity contribution < 1.29 is 59.4 Å². The highest BCUT2D eigenvalue weighted by atomic mass is 16.4. The van der Waals surface area contributed by atoms with E-state index in [2.05, 4.69) is 0 Å². The summed E-state index contributed by atoms with van der Waals surface area (Å²) < 4.78 is 0. The Labute approximate surface area is 223 Å². The van der Waals surface area contributed by atoms with Gasteiger partial charge in [-0.25, -0.2) is 28.8 Å². The molecule has 0 spiro atoms. The Balaban J connectivity index is 2.05. The number of carbonyl (C=O) groups is 6. The van der Waals surface area contributed by atoms with Gasteiger partial charge in [0, 0.05) is 10.8 Å². The first kappa shape index (κ1) is 26.1. The fourth-order valence-corrected chi connectivity index (χ4v) is 6.21. The van der Waals surface area contributed by atoms with E-state index in [0.29, 0.717) is 0 Å². The van der Waals surface area contributed by atoms with E-state index in [9.17, 15) is 59.4 Å². The molecule has 0 amide bonds. The van der Waals surface area contributed by atoms with Gasteiger partial charge in [-0.1, -0.05) is 0 Å². The number of carboxylic acid groups (broad SMARTS) is 6. The molecule has 0 radical (unpaired) electrons. The third-order valence-corrected chi connectivity index (χ3v) is 8.09. The molecule has 3 aliphatic rings. The fraction of sp³-hybridized carbons (Fsp3) is 0.143. The maximum Gasteiger partial charge on any atom is 0.336 e. The van der Waals surface area contributed by atoms with Crippen LogP contribution in [0.25, 0.3) is 0 Å². The molecule has 40 heavy (non-hydrogen) atoms. The van der Waals surface area contributed by atoms with Crippen molar-refractivity contribution in [3.63, 3.8) is 0 Å². The molecular weight excluding hydrogens is 528 g/mol. The largest absolute Gasteiger partial charge is 0.478 e. The molecule has 0 fully saturated rings. The molecule has 0 saturated heterocycles. The lowest BCUT2D eigenvalue weighted by molar-refractivity contribution is 0.0650. The van der Waals surface area contributed by atoms with Crippen molar-refractivity contribution in [2.75, 3.05) is 0 Å². The van der Waals surface area contributed by atoms with Crippen molar-refractivity contribution in [2.45, 2.75) is 24.7 Å². The van der Waals surface area contributed by atoms with E-state index in [1.54, 1.807) is 0 Å². The van der Waals surface area contributed by atoms with E-state index >= 15 is 0 Å². The molecule has 0 atom stereocenters. The van der Waals surface area contributed by atoms with Gasteiger partial charge in [0.2, 0.25) is 0 Å². The van der Waals surface area contributed by atoms with Crippen LogP contribution < -0.4 is 0 Å². The summed E-state index contributed by atoms with van der Waals surface area (Å²) in [5.41, 5.74) is -5.22. The van der Waals surface area contributed by atoms with Crippen molar-refractivity contribution >= 4 is 35.8 Å². The minimum Gasteiger partial charge on any atom is -0.478 e. The van der Waals surface area contributed by atoms with E-state index in [-0.39, 0.29) is 33.4 Å². The van der Waals surface area contributed by atoms with Gasteiger partial charge in [0.1, 0.15) is 0 Å². The summed E-state index contributed by atoms with van der Waals surface area (Å²) in [6.45, 7) is 3.07. The Morgan fingerprint density at radius 2 is 0.500 bits per heavy atom. The summed E-state index contributed by atoms with van der Waals surface area (Å²) in [4.78, 5) is 72.4. The zero-order valence-corrected chi connectivity index (χ0v) is 20.6. The van der Waals surface area contributed by atoms with Crippen LogP contribution in [0, 0.1) is 0 Å². The molecule has 12 heteroatoms. The molecule has 0 heterocycles.